The first-order chi connectivity index (χ1) is 14.9. The molecule has 0 radical (unpaired) electrons. The van der Waals surface area contributed by atoms with Crippen LogP contribution in [0.25, 0.3) is 0 Å². The van der Waals surface area contributed by atoms with Gasteiger partial charge >= 0.3 is 0 Å². The number of benzene rings is 1. The fourth-order valence-electron chi connectivity index (χ4n) is 4.03. The van der Waals surface area contributed by atoms with Crippen LogP contribution in [0.3, 0.4) is 0 Å². The average Bonchev–Trinajstić information content (AvgIpc) is 2.78. The number of aromatic nitrogens is 2. The Morgan fingerprint density at radius 3 is 2.68 bits per heavy atom. The van der Waals surface area contributed by atoms with Gasteiger partial charge in [-0.25, -0.2) is 9.37 Å². The highest BCUT2D eigenvalue weighted by molar-refractivity contribution is 5.95. The molecule has 0 atom stereocenters. The summed E-state index contributed by atoms with van der Waals surface area (Å²) in [6, 6.07) is 5.68. The Balaban J connectivity index is 1.51. The molecule has 3 N–H and O–H groups in total. The molecule has 10 heteroatoms. The lowest BCUT2D eigenvalue weighted by molar-refractivity contribution is -0.0801. The molecule has 2 aromatic rings. The minimum atomic E-state index is -0.698. The van der Waals surface area contributed by atoms with Crippen LogP contribution < -0.4 is 21.1 Å². The molecule has 2 saturated heterocycles. The first-order valence-corrected chi connectivity index (χ1v) is 10.3. The van der Waals surface area contributed by atoms with Crippen LogP contribution >= 0.6 is 0 Å². The predicted molar refractivity (Wildman–Crippen MR) is 112 cm³/mol. The lowest BCUT2D eigenvalue weighted by Gasteiger charge is -2.44. The predicted octanol–water partition coefficient (Wildman–Crippen LogP) is 0.514. The number of hydrogen-bond acceptors (Lipinski definition) is 7. The number of morpholine rings is 1. The highest BCUT2D eigenvalue weighted by Gasteiger charge is 2.38. The van der Waals surface area contributed by atoms with Crippen LogP contribution in [0.5, 0.6) is 5.75 Å². The molecule has 4 rings (SSSR count). The first kappa shape index (κ1) is 21.3. The van der Waals surface area contributed by atoms with Crippen LogP contribution in [0.2, 0.25) is 0 Å². The topological polar surface area (TPSA) is 109 Å². The van der Waals surface area contributed by atoms with E-state index >= 15 is 0 Å². The van der Waals surface area contributed by atoms with Gasteiger partial charge in [0.1, 0.15) is 5.82 Å². The number of anilines is 1. The maximum atomic E-state index is 13.0. The van der Waals surface area contributed by atoms with Gasteiger partial charge in [0, 0.05) is 39.8 Å². The van der Waals surface area contributed by atoms with E-state index in [1.54, 1.807) is 12.1 Å². The summed E-state index contributed by atoms with van der Waals surface area (Å²) in [4.78, 5) is 31.5. The summed E-state index contributed by atoms with van der Waals surface area (Å²) < 4.78 is 20.3. The van der Waals surface area contributed by atoms with Crippen LogP contribution in [0.1, 0.15) is 28.9 Å². The van der Waals surface area contributed by atoms with Crippen LogP contribution in [-0.4, -0.2) is 59.0 Å². The smallest absolute Gasteiger partial charge is 0.297 e. The van der Waals surface area contributed by atoms with Crippen molar-refractivity contribution < 1.29 is 19.0 Å². The molecule has 2 aliphatic heterocycles. The summed E-state index contributed by atoms with van der Waals surface area (Å²) in [5.41, 5.74) is -0.538. The molecule has 1 aromatic heterocycles. The van der Waals surface area contributed by atoms with Gasteiger partial charge in [-0.1, -0.05) is 12.1 Å². The molecule has 166 valence electrons. The highest BCUT2D eigenvalue weighted by Crippen LogP contribution is 2.29. The van der Waals surface area contributed by atoms with E-state index in [4.69, 9.17) is 4.74 Å². The van der Waals surface area contributed by atoms with Crippen molar-refractivity contribution in [1.29, 1.82) is 0 Å². The van der Waals surface area contributed by atoms with Gasteiger partial charge in [-0.15, -0.1) is 0 Å². The van der Waals surface area contributed by atoms with E-state index in [0.717, 1.165) is 25.9 Å². The number of carbonyl (C=O) groups is 1. The molecule has 0 bridgehead atoms. The fourth-order valence-corrected chi connectivity index (χ4v) is 4.03. The molecule has 1 amide bonds. The van der Waals surface area contributed by atoms with E-state index in [1.807, 2.05) is 4.90 Å². The number of aromatic hydroxyl groups is 1. The summed E-state index contributed by atoms with van der Waals surface area (Å²) in [5.74, 6) is -1.41. The van der Waals surface area contributed by atoms with E-state index in [0.29, 0.717) is 31.2 Å². The first-order valence-electron chi connectivity index (χ1n) is 10.3. The van der Waals surface area contributed by atoms with Crippen LogP contribution in [0, 0.1) is 5.82 Å². The molecular formula is C21H26FN5O4. The average molecular weight is 431 g/mol. The normalized spacial score (nSPS) is 18.2. The monoisotopic (exact) mass is 431 g/mol. The molecule has 2 fully saturated rings. The van der Waals surface area contributed by atoms with Gasteiger partial charge in [-0.2, -0.15) is 0 Å². The molecule has 0 saturated carbocycles. The largest absolute Gasteiger partial charge is 0.501 e. The number of amides is 1. The summed E-state index contributed by atoms with van der Waals surface area (Å²) >= 11 is 0. The van der Waals surface area contributed by atoms with Crippen molar-refractivity contribution in [1.82, 2.24) is 20.2 Å². The molecule has 3 heterocycles. The second kappa shape index (κ2) is 8.64. The quantitative estimate of drug-likeness (QED) is 0.647. The second-order valence-electron chi connectivity index (χ2n) is 7.98. The fraction of sp³-hybridized carbons (Fsp3) is 0.476. The number of nitrogens with one attached hydrogen (secondary N) is 2. The van der Waals surface area contributed by atoms with Crippen molar-refractivity contribution >= 4 is 11.9 Å². The van der Waals surface area contributed by atoms with Gasteiger partial charge < -0.3 is 25.4 Å². The molecule has 0 aliphatic carbocycles. The summed E-state index contributed by atoms with van der Waals surface area (Å²) in [6.45, 7) is 3.65. The molecule has 2 aliphatic rings. The van der Waals surface area contributed by atoms with Crippen molar-refractivity contribution in [3.05, 3.63) is 51.7 Å². The van der Waals surface area contributed by atoms with E-state index in [2.05, 4.69) is 15.6 Å². The third kappa shape index (κ3) is 4.40. The van der Waals surface area contributed by atoms with Gasteiger partial charge in [0.25, 0.3) is 11.5 Å². The number of carbonyl (C=O) groups excluding carboxylic acids is 1. The van der Waals surface area contributed by atoms with E-state index in [1.165, 1.54) is 23.7 Å². The standard InChI is InChI=1S/C21H26FN5O4/c1-26-19(30)17(28)16(18(29)24-12-14-2-4-15(22)5-3-14)25-20(26)27-9-6-21(7-10-27)13-23-8-11-31-21/h2-5,23,28H,6-13H2,1H3,(H,24,29). The lowest BCUT2D eigenvalue weighted by atomic mass is 9.90. The van der Waals surface area contributed by atoms with E-state index in [-0.39, 0.29) is 23.7 Å². The summed E-state index contributed by atoms with van der Waals surface area (Å²) in [5, 5.41) is 16.2. The highest BCUT2D eigenvalue weighted by atomic mass is 19.1. The van der Waals surface area contributed by atoms with Gasteiger partial charge in [-0.3, -0.25) is 14.2 Å². The van der Waals surface area contributed by atoms with Crippen molar-refractivity contribution in [3.63, 3.8) is 0 Å². The Labute approximate surface area is 178 Å². The van der Waals surface area contributed by atoms with E-state index in [9.17, 15) is 19.1 Å². The van der Waals surface area contributed by atoms with Crippen LogP contribution in [0.4, 0.5) is 10.3 Å². The Hall–Kier alpha value is -2.98. The second-order valence-corrected chi connectivity index (χ2v) is 7.98. The van der Waals surface area contributed by atoms with Gasteiger partial charge in [0.05, 0.1) is 12.2 Å². The zero-order valence-electron chi connectivity index (χ0n) is 17.4. The number of piperidine rings is 1. The maximum Gasteiger partial charge on any atom is 0.297 e. The summed E-state index contributed by atoms with van der Waals surface area (Å²) in [6.07, 6.45) is 1.53. The molecule has 31 heavy (non-hydrogen) atoms. The minimum Gasteiger partial charge on any atom is -0.501 e. The molecular weight excluding hydrogens is 405 g/mol. The number of halogens is 1. The van der Waals surface area contributed by atoms with E-state index < -0.39 is 17.2 Å². The molecule has 1 aromatic carbocycles. The third-order valence-corrected chi connectivity index (χ3v) is 5.92. The lowest BCUT2D eigenvalue weighted by Crippen LogP contribution is -2.56. The Morgan fingerprint density at radius 2 is 2.03 bits per heavy atom. The van der Waals surface area contributed by atoms with Crippen molar-refractivity contribution in [2.45, 2.75) is 25.0 Å². The van der Waals surface area contributed by atoms with Gasteiger partial charge in [-0.05, 0) is 30.5 Å². The molecule has 0 unspecified atom stereocenters. The zero-order valence-corrected chi connectivity index (χ0v) is 17.4. The van der Waals surface area contributed by atoms with Crippen molar-refractivity contribution in [2.24, 2.45) is 7.05 Å². The van der Waals surface area contributed by atoms with Crippen molar-refractivity contribution in [3.8, 4) is 5.75 Å². The molecule has 1 spiro atoms. The van der Waals surface area contributed by atoms with Crippen molar-refractivity contribution in [2.75, 3.05) is 37.7 Å². The Bertz CT molecular complexity index is 1010. The van der Waals surface area contributed by atoms with Crippen LogP contribution in [0.15, 0.2) is 29.1 Å². The minimum absolute atomic E-state index is 0.112. The number of ether oxygens (including phenoxy) is 1. The Kier molecular flexibility index (Phi) is 5.92. The third-order valence-electron chi connectivity index (χ3n) is 5.92. The van der Waals surface area contributed by atoms with Gasteiger partial charge in [0.2, 0.25) is 11.7 Å². The summed E-state index contributed by atoms with van der Waals surface area (Å²) in [7, 11) is 1.52. The number of hydrogen-bond donors (Lipinski definition) is 3. The molecule has 9 nitrogen and oxygen atoms in total. The SMILES string of the molecule is Cn1c(N2CCC3(CC2)CNCCO3)nc(C(=O)NCc2ccc(F)cc2)c(O)c1=O. The van der Waals surface area contributed by atoms with Crippen LogP contribution in [-0.2, 0) is 18.3 Å². The zero-order chi connectivity index (χ0) is 22.0. The number of rotatable bonds is 4. The van der Waals surface area contributed by atoms with Gasteiger partial charge in [0.15, 0.2) is 5.69 Å². The number of nitrogens with zero attached hydrogens (tertiary/aromatic N) is 3. The maximum absolute atomic E-state index is 13.0. The Morgan fingerprint density at radius 1 is 1.32 bits per heavy atom.